The van der Waals surface area contributed by atoms with Crippen molar-refractivity contribution in [3.63, 3.8) is 0 Å². The van der Waals surface area contributed by atoms with Crippen LogP contribution in [0.5, 0.6) is 0 Å². The highest BCUT2D eigenvalue weighted by Crippen LogP contribution is 2.43. The molecule has 27 rings (SSSR count). The van der Waals surface area contributed by atoms with Crippen molar-refractivity contribution in [3.8, 4) is 153 Å². The van der Waals surface area contributed by atoms with Gasteiger partial charge in [-0.25, -0.2) is 44.9 Å². The molecule has 0 saturated carbocycles. The Morgan fingerprint density at radius 1 is 0.135 bits per heavy atom. The molecule has 12 nitrogen and oxygen atoms in total. The van der Waals surface area contributed by atoms with Gasteiger partial charge in [0.15, 0.2) is 17.5 Å². The smallest absolute Gasteiger partial charge is 0.160 e. The maximum absolute atomic E-state index is 5.38. The fourth-order valence-electron chi connectivity index (χ4n) is 19.5. The second kappa shape index (κ2) is 36.6. The minimum atomic E-state index is 0.673. The van der Waals surface area contributed by atoms with Crippen LogP contribution in [0.25, 0.3) is 251 Å². The molecule has 12 heteroatoms. The van der Waals surface area contributed by atoms with Crippen LogP contribution in [0.1, 0.15) is 0 Å². The third kappa shape index (κ3) is 16.3. The molecule has 0 saturated heterocycles. The summed E-state index contributed by atoms with van der Waals surface area (Å²) in [6, 6.07) is 177. The molecular weight excluding hydrogens is 1720 g/mol. The molecule has 21 aromatic carbocycles. The molecule has 0 radical (unpaired) electrons. The van der Waals surface area contributed by atoms with Gasteiger partial charge in [-0.3, -0.25) is 13.7 Å². The molecule has 0 amide bonds. The van der Waals surface area contributed by atoms with Gasteiger partial charge < -0.3 is 0 Å². The van der Waals surface area contributed by atoms with E-state index in [1.54, 1.807) is 0 Å². The van der Waals surface area contributed by atoms with Gasteiger partial charge in [0.1, 0.15) is 17.5 Å². The average Bonchev–Trinajstić information content (AvgIpc) is 1.28. The van der Waals surface area contributed by atoms with Gasteiger partial charge in [-0.2, -0.15) is 0 Å². The lowest BCUT2D eigenvalue weighted by Crippen LogP contribution is -1.99. The van der Waals surface area contributed by atoms with Crippen molar-refractivity contribution in [1.82, 2.24) is 58.6 Å². The summed E-state index contributed by atoms with van der Waals surface area (Å²) in [4.78, 5) is 46.0. The topological polar surface area (TPSA) is 131 Å². The van der Waals surface area contributed by atoms with Crippen molar-refractivity contribution in [2.24, 2.45) is 0 Å². The number of hydrogen-bond donors (Lipinski definition) is 0. The summed E-state index contributed by atoms with van der Waals surface area (Å²) in [6.07, 6.45) is 0. The summed E-state index contributed by atoms with van der Waals surface area (Å²) < 4.78 is 6.67. The third-order valence-corrected chi connectivity index (χ3v) is 26.4. The Hall–Kier alpha value is -19.2. The van der Waals surface area contributed by atoms with E-state index >= 15 is 0 Å². The summed E-state index contributed by atoms with van der Waals surface area (Å²) in [7, 11) is 0. The zero-order valence-corrected chi connectivity index (χ0v) is 76.4. The zero-order valence-electron chi connectivity index (χ0n) is 76.4. The van der Waals surface area contributed by atoms with Crippen molar-refractivity contribution in [1.29, 1.82) is 0 Å². The first kappa shape index (κ1) is 83.6. The molecule has 0 unspecified atom stereocenters. The Kier molecular flexibility index (Phi) is 21.7. The normalized spacial score (nSPS) is 11.4. The molecule has 141 heavy (non-hydrogen) atoms. The second-order valence-corrected chi connectivity index (χ2v) is 35.1. The van der Waals surface area contributed by atoms with Crippen LogP contribution in [-0.4, -0.2) is 58.6 Å². The summed E-state index contributed by atoms with van der Waals surface area (Å²) in [6.45, 7) is 0. The first-order chi connectivity index (χ1) is 69.9. The lowest BCUT2D eigenvalue weighted by molar-refractivity contribution is 1.10. The van der Waals surface area contributed by atoms with Crippen molar-refractivity contribution < 1.29 is 0 Å². The van der Waals surface area contributed by atoms with Crippen LogP contribution in [-0.2, 0) is 0 Å². The quantitative estimate of drug-likeness (QED) is 0.0921. The molecule has 0 bridgehead atoms. The van der Waals surface area contributed by atoms with Gasteiger partial charge in [0.2, 0.25) is 0 Å². The van der Waals surface area contributed by atoms with Crippen LogP contribution in [0.2, 0.25) is 0 Å². The molecule has 660 valence electrons. The number of nitrogens with zero attached hydrogens (tertiary/aromatic N) is 12. The van der Waals surface area contributed by atoms with E-state index in [0.29, 0.717) is 17.5 Å². The van der Waals surface area contributed by atoms with Crippen LogP contribution in [0.15, 0.2) is 510 Å². The molecule has 6 aromatic heterocycles. The highest BCUT2D eigenvalue weighted by Gasteiger charge is 2.24. The number of benzene rings is 21. The number of imidazole rings is 3. The Morgan fingerprint density at radius 3 is 0.709 bits per heavy atom. The summed E-state index contributed by atoms with van der Waals surface area (Å²) in [5.74, 6) is 4.78. The number of rotatable bonds is 15. The number of hydrogen-bond acceptors (Lipinski definition) is 9. The fourth-order valence-corrected chi connectivity index (χ4v) is 19.5. The van der Waals surface area contributed by atoms with E-state index in [9.17, 15) is 0 Å². The average molecular weight is 1800 g/mol. The summed E-state index contributed by atoms with van der Waals surface area (Å²) >= 11 is 0. The molecule has 6 heterocycles. The van der Waals surface area contributed by atoms with E-state index in [4.69, 9.17) is 44.9 Å². The molecular formula is C129H84N12. The van der Waals surface area contributed by atoms with Gasteiger partial charge in [-0.05, 0) is 216 Å². The summed E-state index contributed by atoms with van der Waals surface area (Å²) in [5, 5.41) is 14.3. The largest absolute Gasteiger partial charge is 0.292 e. The summed E-state index contributed by atoms with van der Waals surface area (Å²) in [5.41, 5.74) is 27.0. The maximum atomic E-state index is 5.38. The Balaban J connectivity index is 0.000000113. The molecule has 0 atom stereocenters. The minimum absolute atomic E-state index is 0.673. The number of para-hydroxylation sites is 6. The van der Waals surface area contributed by atoms with E-state index in [1.165, 1.54) is 53.9 Å². The molecule has 0 aliphatic carbocycles. The van der Waals surface area contributed by atoms with Gasteiger partial charge in [-0.1, -0.05) is 358 Å². The number of fused-ring (bicyclic) bond motifs is 11. The van der Waals surface area contributed by atoms with Gasteiger partial charge >= 0.3 is 0 Å². The first-order valence-corrected chi connectivity index (χ1v) is 47.4. The zero-order chi connectivity index (χ0) is 93.5. The third-order valence-electron chi connectivity index (χ3n) is 26.4. The minimum Gasteiger partial charge on any atom is -0.292 e. The van der Waals surface area contributed by atoms with Crippen LogP contribution < -0.4 is 0 Å². The fraction of sp³-hybridized carbons (Fsp3) is 0. The molecule has 0 fully saturated rings. The molecule has 0 N–H and O–H groups in total. The Bertz CT molecular complexity index is 9100. The lowest BCUT2D eigenvalue weighted by Gasteiger charge is -2.15. The second-order valence-electron chi connectivity index (χ2n) is 35.1. The standard InChI is InChI=1S/C51H32N4.C43H28N4.C35H24N4/c1-2-14-34(15-3-1)51-54-46-24-12-13-25-49(46)55(51)37-28-26-33(27-29-37)50-52-47(44-30-35-16-4-6-18-38(35)40-20-8-10-22-42(40)44)32-48(53-50)45-31-36-17-5-7-19-39(36)41-21-9-11-23-43(41)45;1-2-12-32(13-3-1)43-46-38-16-8-9-17-41(38)47(43)37-24-22-31(23-25-37)42-44-39(35-20-18-29-10-4-6-14-33(29)26-35)28-40(45-42)36-21-19-30-11-5-7-15-34(30)27-36;1-4-12-25(13-5-1)31-24-32(26-14-6-2-7-15-26)37-34(36-31)27-20-22-29(23-21-27)39-33-19-11-10-18-30(33)38-35(39)28-16-8-3-9-17-28/h1-32H;1-28H;1-24H. The molecule has 0 aliphatic rings. The van der Waals surface area contributed by atoms with E-state index in [1.807, 2.05) is 84.9 Å². The van der Waals surface area contributed by atoms with E-state index in [2.05, 4.69) is 438 Å². The van der Waals surface area contributed by atoms with Crippen molar-refractivity contribution in [2.75, 3.05) is 0 Å². The highest BCUT2D eigenvalue weighted by molar-refractivity contribution is 6.16. The lowest BCUT2D eigenvalue weighted by atomic mass is 9.93. The molecule has 0 aliphatic heterocycles. The van der Waals surface area contributed by atoms with Crippen LogP contribution >= 0.6 is 0 Å². The van der Waals surface area contributed by atoms with E-state index in [-0.39, 0.29) is 0 Å². The predicted molar refractivity (Wildman–Crippen MR) is 580 cm³/mol. The van der Waals surface area contributed by atoms with Crippen LogP contribution in [0.3, 0.4) is 0 Å². The van der Waals surface area contributed by atoms with Crippen molar-refractivity contribution >= 4 is 97.7 Å². The first-order valence-electron chi connectivity index (χ1n) is 47.4. The maximum Gasteiger partial charge on any atom is 0.160 e. The predicted octanol–water partition coefficient (Wildman–Crippen LogP) is 32.4. The number of aromatic nitrogens is 12. The van der Waals surface area contributed by atoms with Gasteiger partial charge in [0.25, 0.3) is 0 Å². The van der Waals surface area contributed by atoms with Crippen LogP contribution in [0.4, 0.5) is 0 Å². The van der Waals surface area contributed by atoms with Gasteiger partial charge in [-0.15, -0.1) is 0 Å². The van der Waals surface area contributed by atoms with Gasteiger partial charge in [0, 0.05) is 83.8 Å². The van der Waals surface area contributed by atoms with Crippen molar-refractivity contribution in [3.05, 3.63) is 510 Å². The van der Waals surface area contributed by atoms with E-state index in [0.717, 1.165) is 179 Å². The molecule has 0 spiro atoms. The van der Waals surface area contributed by atoms with Crippen LogP contribution in [0, 0.1) is 0 Å². The molecule has 27 aromatic rings. The van der Waals surface area contributed by atoms with Crippen molar-refractivity contribution in [2.45, 2.75) is 0 Å². The highest BCUT2D eigenvalue weighted by atomic mass is 15.1. The Labute approximate surface area is 813 Å². The monoisotopic (exact) mass is 1800 g/mol. The van der Waals surface area contributed by atoms with Gasteiger partial charge in [0.05, 0.1) is 67.3 Å². The SMILES string of the molecule is c1ccc(-c2cc(-c3ccccc3)nc(-c3ccc(-n4c(-c5ccccc5)nc5ccccc54)cc3)n2)cc1.c1ccc(-c2nc3ccccc3n2-c2ccc(-c3nc(-c4cc5ccccc5c5ccccc45)cc(-c4cc5ccccc5c5ccccc45)n3)cc2)cc1.c1ccc(-c2nc3ccccc3n2-c2ccc(-c3nc(-c4ccc5ccccc5c4)cc(-c4ccc5ccccc5c4)n3)cc2)cc1. The Morgan fingerprint density at radius 2 is 0.376 bits per heavy atom. The van der Waals surface area contributed by atoms with E-state index < -0.39 is 0 Å².